The van der Waals surface area contributed by atoms with Crippen LogP contribution in [0, 0.1) is 0 Å². The molecule has 0 spiro atoms. The fourth-order valence-electron chi connectivity index (χ4n) is 1.19. The molecular formula is C10H10BrN5O. The van der Waals surface area contributed by atoms with Crippen LogP contribution in [0.1, 0.15) is 0 Å². The summed E-state index contributed by atoms with van der Waals surface area (Å²) in [5.74, 6) is 6.70. The number of aromatic nitrogens is 2. The first-order valence-electron chi connectivity index (χ1n) is 4.72. The molecule has 0 aliphatic rings. The lowest BCUT2D eigenvalue weighted by Crippen LogP contribution is -2.10. The summed E-state index contributed by atoms with van der Waals surface area (Å²) in [6, 6.07) is 8.89. The van der Waals surface area contributed by atoms with Gasteiger partial charge in [-0.25, -0.2) is 5.84 Å². The lowest BCUT2D eigenvalue weighted by Gasteiger charge is -2.07. The number of hydrazine groups is 1. The third-order valence-corrected chi connectivity index (χ3v) is 2.43. The van der Waals surface area contributed by atoms with Crippen molar-refractivity contribution in [3.63, 3.8) is 0 Å². The van der Waals surface area contributed by atoms with Gasteiger partial charge >= 0.3 is 0 Å². The third-order valence-electron chi connectivity index (χ3n) is 1.90. The van der Waals surface area contributed by atoms with Gasteiger partial charge in [-0.05, 0) is 24.3 Å². The van der Waals surface area contributed by atoms with Gasteiger partial charge < -0.3 is 15.9 Å². The van der Waals surface area contributed by atoms with Crippen molar-refractivity contribution in [2.75, 3.05) is 11.2 Å². The van der Waals surface area contributed by atoms with Gasteiger partial charge in [0.15, 0.2) is 0 Å². The Morgan fingerprint density at radius 1 is 1.18 bits per heavy atom. The summed E-state index contributed by atoms with van der Waals surface area (Å²) >= 11 is 3.34. The van der Waals surface area contributed by atoms with Crippen LogP contribution in [-0.2, 0) is 0 Å². The van der Waals surface area contributed by atoms with E-state index >= 15 is 0 Å². The van der Waals surface area contributed by atoms with Crippen molar-refractivity contribution >= 4 is 27.7 Å². The summed E-state index contributed by atoms with van der Waals surface area (Å²) < 4.78 is 6.48. The van der Waals surface area contributed by atoms with Crippen LogP contribution >= 0.6 is 15.9 Å². The Balaban J connectivity index is 2.23. The monoisotopic (exact) mass is 295 g/mol. The summed E-state index contributed by atoms with van der Waals surface area (Å²) in [5.41, 5.74) is 7.89. The van der Waals surface area contributed by atoms with E-state index in [-0.39, 0.29) is 5.95 Å². The van der Waals surface area contributed by atoms with E-state index in [1.807, 2.05) is 12.1 Å². The SMILES string of the molecule is NNc1cc(Oc2ccc(Br)cc2)nc(N)n1. The van der Waals surface area contributed by atoms with Crippen LogP contribution in [0.4, 0.5) is 11.8 Å². The van der Waals surface area contributed by atoms with Crippen LogP contribution in [0.15, 0.2) is 34.8 Å². The minimum Gasteiger partial charge on any atom is -0.439 e. The van der Waals surface area contributed by atoms with Crippen LogP contribution in [0.2, 0.25) is 0 Å². The minimum absolute atomic E-state index is 0.0903. The largest absolute Gasteiger partial charge is 0.439 e. The molecule has 2 aromatic rings. The second-order valence-corrected chi connectivity index (χ2v) is 4.07. The molecule has 5 N–H and O–H groups in total. The van der Waals surface area contributed by atoms with Crippen molar-refractivity contribution in [1.82, 2.24) is 9.97 Å². The number of rotatable bonds is 3. The van der Waals surface area contributed by atoms with Crippen LogP contribution < -0.4 is 21.7 Å². The van der Waals surface area contributed by atoms with Crippen LogP contribution in [0.3, 0.4) is 0 Å². The van der Waals surface area contributed by atoms with E-state index in [9.17, 15) is 0 Å². The minimum atomic E-state index is 0.0903. The number of benzene rings is 1. The van der Waals surface area contributed by atoms with E-state index in [1.165, 1.54) is 0 Å². The Bertz CT molecular complexity index is 517. The van der Waals surface area contributed by atoms with Crippen LogP contribution in [0.25, 0.3) is 0 Å². The zero-order chi connectivity index (χ0) is 12.3. The molecule has 88 valence electrons. The Hall–Kier alpha value is -1.86. The molecule has 1 heterocycles. The average molecular weight is 296 g/mol. The fraction of sp³-hybridized carbons (Fsp3) is 0. The molecule has 0 bridgehead atoms. The number of ether oxygens (including phenoxy) is 1. The first-order chi connectivity index (χ1) is 8.17. The highest BCUT2D eigenvalue weighted by Crippen LogP contribution is 2.23. The molecule has 0 saturated carbocycles. The van der Waals surface area contributed by atoms with Crippen molar-refractivity contribution in [3.8, 4) is 11.6 Å². The molecule has 2 rings (SSSR count). The number of hydrogen-bond donors (Lipinski definition) is 3. The summed E-state index contributed by atoms with van der Waals surface area (Å²) in [4.78, 5) is 7.79. The smallest absolute Gasteiger partial charge is 0.226 e. The second-order valence-electron chi connectivity index (χ2n) is 3.15. The molecule has 0 atom stereocenters. The second kappa shape index (κ2) is 4.98. The molecule has 6 nitrogen and oxygen atoms in total. The highest BCUT2D eigenvalue weighted by atomic mass is 79.9. The van der Waals surface area contributed by atoms with Gasteiger partial charge in [-0.15, -0.1) is 0 Å². The molecule has 0 aliphatic carbocycles. The number of halogens is 1. The average Bonchev–Trinajstić information content (AvgIpc) is 2.31. The Morgan fingerprint density at radius 2 is 1.88 bits per heavy atom. The number of anilines is 2. The van der Waals surface area contributed by atoms with Gasteiger partial charge in [-0.3, -0.25) is 0 Å². The fourth-order valence-corrected chi connectivity index (χ4v) is 1.46. The molecular weight excluding hydrogens is 286 g/mol. The third kappa shape index (κ3) is 3.05. The van der Waals surface area contributed by atoms with E-state index in [1.54, 1.807) is 18.2 Å². The number of nitrogens with two attached hydrogens (primary N) is 2. The van der Waals surface area contributed by atoms with Crippen LogP contribution in [0.5, 0.6) is 11.6 Å². The predicted molar refractivity (Wildman–Crippen MR) is 68.5 cm³/mol. The topological polar surface area (TPSA) is 99.1 Å². The van der Waals surface area contributed by atoms with Crippen molar-refractivity contribution in [2.24, 2.45) is 5.84 Å². The van der Waals surface area contributed by atoms with Gasteiger partial charge in [-0.2, -0.15) is 9.97 Å². The van der Waals surface area contributed by atoms with E-state index in [4.69, 9.17) is 16.3 Å². The van der Waals surface area contributed by atoms with E-state index < -0.39 is 0 Å². The zero-order valence-corrected chi connectivity index (χ0v) is 10.3. The van der Waals surface area contributed by atoms with Gasteiger partial charge in [0.2, 0.25) is 11.8 Å². The van der Waals surface area contributed by atoms with Crippen molar-refractivity contribution in [2.45, 2.75) is 0 Å². The first-order valence-corrected chi connectivity index (χ1v) is 5.51. The van der Waals surface area contributed by atoms with Crippen molar-refractivity contribution in [1.29, 1.82) is 0 Å². The molecule has 0 unspecified atom stereocenters. The van der Waals surface area contributed by atoms with Crippen molar-refractivity contribution in [3.05, 3.63) is 34.8 Å². The molecule has 1 aromatic heterocycles. The molecule has 0 saturated heterocycles. The van der Waals surface area contributed by atoms with Gasteiger partial charge in [0, 0.05) is 10.5 Å². The lowest BCUT2D eigenvalue weighted by atomic mass is 10.3. The number of nitrogen functional groups attached to an aromatic ring is 2. The maximum absolute atomic E-state index is 5.51. The molecule has 17 heavy (non-hydrogen) atoms. The maximum atomic E-state index is 5.51. The molecule has 0 amide bonds. The standard InChI is InChI=1S/C10H10BrN5O/c11-6-1-3-7(4-2-6)17-9-5-8(16-13)14-10(12)15-9/h1-5H,13H2,(H3,12,14,15,16). The van der Waals surface area contributed by atoms with Crippen LogP contribution in [-0.4, -0.2) is 9.97 Å². The highest BCUT2D eigenvalue weighted by molar-refractivity contribution is 9.10. The van der Waals surface area contributed by atoms with E-state index in [2.05, 4.69) is 31.3 Å². The molecule has 1 aromatic carbocycles. The summed E-state index contributed by atoms with van der Waals surface area (Å²) in [5, 5.41) is 0. The van der Waals surface area contributed by atoms with Gasteiger partial charge in [0.25, 0.3) is 0 Å². The Labute approximate surface area is 106 Å². The molecule has 0 radical (unpaired) electrons. The summed E-state index contributed by atoms with van der Waals surface area (Å²) in [7, 11) is 0. The quantitative estimate of drug-likeness (QED) is 0.591. The first kappa shape index (κ1) is 11.6. The molecule has 7 heteroatoms. The zero-order valence-electron chi connectivity index (χ0n) is 8.72. The summed E-state index contributed by atoms with van der Waals surface area (Å²) in [6.45, 7) is 0. The van der Waals surface area contributed by atoms with Gasteiger partial charge in [0.05, 0.1) is 0 Å². The summed E-state index contributed by atoms with van der Waals surface area (Å²) in [6.07, 6.45) is 0. The van der Waals surface area contributed by atoms with E-state index in [0.717, 1.165) is 4.47 Å². The lowest BCUT2D eigenvalue weighted by molar-refractivity contribution is 0.463. The molecule has 0 fully saturated rings. The van der Waals surface area contributed by atoms with Gasteiger partial charge in [0.1, 0.15) is 11.6 Å². The predicted octanol–water partition coefficient (Wildman–Crippen LogP) is 1.90. The van der Waals surface area contributed by atoms with Crippen molar-refractivity contribution < 1.29 is 4.74 Å². The number of nitrogens with one attached hydrogen (secondary N) is 1. The Kier molecular flexibility index (Phi) is 3.40. The van der Waals surface area contributed by atoms with E-state index in [0.29, 0.717) is 17.4 Å². The maximum Gasteiger partial charge on any atom is 0.226 e. The highest BCUT2D eigenvalue weighted by Gasteiger charge is 2.03. The van der Waals surface area contributed by atoms with Gasteiger partial charge in [-0.1, -0.05) is 15.9 Å². The number of hydrogen-bond acceptors (Lipinski definition) is 6. The number of nitrogens with zero attached hydrogens (tertiary/aromatic N) is 2. The normalized spacial score (nSPS) is 10.0. The molecule has 0 aliphatic heterocycles. The Morgan fingerprint density at radius 3 is 2.53 bits per heavy atom.